The largest absolute Gasteiger partial charge is 0.292 e. The molecule has 3 aromatic carbocycles. The fourth-order valence-corrected chi connectivity index (χ4v) is 6.59. The Morgan fingerprint density at radius 3 is 2.15 bits per heavy atom. The number of ketones is 1. The Kier molecular flexibility index (Phi) is 5.60. The summed E-state index contributed by atoms with van der Waals surface area (Å²) in [7, 11) is 0. The molecule has 33 heavy (non-hydrogen) atoms. The molecule has 2 heterocycles. The fourth-order valence-electron chi connectivity index (χ4n) is 3.72. The molecule has 1 amide bonds. The molecule has 0 bridgehead atoms. The zero-order chi connectivity index (χ0) is 23.0. The number of carbonyl (C=O) groups excluding carboxylic acids is 2. The molecule has 1 saturated heterocycles. The number of anilines is 2. The number of Topliss-reactive ketones (excluding diaryl/α,β-unsaturated/α-hetero) is 1. The molecule has 1 spiro atoms. The Hall–Kier alpha value is -3.29. The summed E-state index contributed by atoms with van der Waals surface area (Å²) in [4.78, 5) is 28.6. The summed E-state index contributed by atoms with van der Waals surface area (Å²) in [6.45, 7) is 3.53. The van der Waals surface area contributed by atoms with Crippen LogP contribution in [0.15, 0.2) is 94.9 Å². The summed E-state index contributed by atoms with van der Waals surface area (Å²) in [5, 5.41) is 6.87. The van der Waals surface area contributed by atoms with Crippen molar-refractivity contribution in [3.8, 4) is 0 Å². The average Bonchev–Trinajstić information content (AvgIpc) is 3.33. The molecule has 164 valence electrons. The molecule has 7 heteroatoms. The van der Waals surface area contributed by atoms with Gasteiger partial charge in [-0.1, -0.05) is 78.0 Å². The first-order chi connectivity index (χ1) is 16.0. The Labute approximate surface area is 201 Å². The molecule has 1 atom stereocenters. The van der Waals surface area contributed by atoms with Gasteiger partial charge in [-0.2, -0.15) is 5.10 Å². The van der Waals surface area contributed by atoms with Crippen molar-refractivity contribution in [2.45, 2.75) is 18.2 Å². The molecular formula is C26H21N3O2S2. The van der Waals surface area contributed by atoms with Crippen molar-refractivity contribution in [2.75, 3.05) is 9.91 Å². The van der Waals surface area contributed by atoms with Crippen LogP contribution in [0.3, 0.4) is 0 Å². The van der Waals surface area contributed by atoms with E-state index in [9.17, 15) is 9.59 Å². The molecular weight excluding hydrogens is 450 g/mol. The molecule has 3 aromatic rings. The van der Waals surface area contributed by atoms with Crippen molar-refractivity contribution in [3.63, 3.8) is 0 Å². The number of thioether (sulfide) groups is 2. The number of rotatable bonds is 4. The minimum Gasteiger partial charge on any atom is -0.292 e. The average molecular weight is 472 g/mol. The molecule has 1 fully saturated rings. The summed E-state index contributed by atoms with van der Waals surface area (Å²) in [6.07, 6.45) is 1.90. The molecule has 0 saturated carbocycles. The summed E-state index contributed by atoms with van der Waals surface area (Å²) in [5.74, 6) is -0.254. The molecule has 0 aliphatic carbocycles. The molecule has 5 rings (SSSR count). The van der Waals surface area contributed by atoms with Gasteiger partial charge in [-0.25, -0.2) is 5.01 Å². The van der Waals surface area contributed by atoms with E-state index in [-0.39, 0.29) is 11.7 Å². The van der Waals surface area contributed by atoms with Crippen LogP contribution < -0.4 is 9.91 Å². The second-order valence-electron chi connectivity index (χ2n) is 7.76. The monoisotopic (exact) mass is 471 g/mol. The number of aryl methyl sites for hydroxylation is 1. The lowest BCUT2D eigenvalue weighted by Gasteiger charge is -2.38. The zero-order valence-corrected chi connectivity index (χ0v) is 19.8. The van der Waals surface area contributed by atoms with E-state index >= 15 is 0 Å². The first kappa shape index (κ1) is 21.6. The number of hydrazone groups is 1. The van der Waals surface area contributed by atoms with Crippen LogP contribution in [0.4, 0.5) is 11.4 Å². The first-order valence-corrected chi connectivity index (χ1v) is 12.1. The van der Waals surface area contributed by atoms with E-state index in [2.05, 4.69) is 0 Å². The fraction of sp³-hybridized carbons (Fsp3) is 0.115. The normalized spacial score (nSPS) is 21.2. The maximum atomic E-state index is 13.8. The van der Waals surface area contributed by atoms with E-state index in [4.69, 9.17) is 5.10 Å². The van der Waals surface area contributed by atoms with Crippen LogP contribution in [0.2, 0.25) is 0 Å². The van der Waals surface area contributed by atoms with Crippen LogP contribution in [-0.2, 0) is 9.59 Å². The smallest absolute Gasteiger partial charge is 0.268 e. The Balaban J connectivity index is 1.69. The molecule has 0 aromatic heterocycles. The molecule has 0 N–H and O–H groups in total. The van der Waals surface area contributed by atoms with Crippen molar-refractivity contribution in [2.24, 2.45) is 5.10 Å². The minimum atomic E-state index is -0.991. The van der Waals surface area contributed by atoms with Crippen molar-refractivity contribution in [3.05, 3.63) is 101 Å². The summed E-state index contributed by atoms with van der Waals surface area (Å²) < 4.78 is -0.991. The lowest BCUT2D eigenvalue weighted by atomic mass is 10.2. The predicted molar refractivity (Wildman–Crippen MR) is 138 cm³/mol. The van der Waals surface area contributed by atoms with Crippen LogP contribution in [0.25, 0.3) is 6.08 Å². The second-order valence-corrected chi connectivity index (χ2v) is 10.4. The number of benzene rings is 3. The summed E-state index contributed by atoms with van der Waals surface area (Å²) in [5.41, 5.74) is 3.62. The molecule has 0 unspecified atom stereocenters. The number of nitrogens with zero attached hydrogens (tertiary/aromatic N) is 3. The second kappa shape index (κ2) is 8.57. The van der Waals surface area contributed by atoms with Crippen LogP contribution in [0.1, 0.15) is 18.1 Å². The van der Waals surface area contributed by atoms with Crippen LogP contribution in [0.5, 0.6) is 0 Å². The standard InChI is InChI=1S/C26H21N3O2S2/c1-18-13-15-22(16-14-18)29-26(33-24(27-29)19(2)30)28(21-11-7-4-8-12-21)25(31)23(32-26)17-20-9-5-3-6-10-20/h3-17H,1-2H3/b23-17-/t26-/m0/s1. The highest BCUT2D eigenvalue weighted by Gasteiger charge is 2.59. The van der Waals surface area contributed by atoms with Crippen molar-refractivity contribution in [1.82, 2.24) is 0 Å². The lowest BCUT2D eigenvalue weighted by molar-refractivity contribution is -0.114. The summed E-state index contributed by atoms with van der Waals surface area (Å²) >= 11 is 2.72. The maximum Gasteiger partial charge on any atom is 0.268 e. The van der Waals surface area contributed by atoms with Crippen LogP contribution in [-0.4, -0.2) is 21.1 Å². The van der Waals surface area contributed by atoms with E-state index in [1.165, 1.54) is 30.4 Å². The van der Waals surface area contributed by atoms with Crippen LogP contribution in [0, 0.1) is 6.92 Å². The predicted octanol–water partition coefficient (Wildman–Crippen LogP) is 5.88. The molecule has 2 aliphatic rings. The third kappa shape index (κ3) is 3.87. The van der Waals surface area contributed by atoms with Gasteiger partial charge in [-0.3, -0.25) is 14.5 Å². The Morgan fingerprint density at radius 2 is 1.52 bits per heavy atom. The van der Waals surface area contributed by atoms with Gasteiger partial charge in [0.25, 0.3) is 5.91 Å². The van der Waals surface area contributed by atoms with E-state index in [0.717, 1.165) is 22.5 Å². The molecule has 5 nitrogen and oxygen atoms in total. The number of hydrogen-bond donors (Lipinski definition) is 0. The summed E-state index contributed by atoms with van der Waals surface area (Å²) in [6, 6.07) is 27.3. The maximum absolute atomic E-state index is 13.8. The van der Waals surface area contributed by atoms with Gasteiger partial charge in [0, 0.05) is 12.6 Å². The topological polar surface area (TPSA) is 53.0 Å². The molecule has 0 radical (unpaired) electrons. The van der Waals surface area contributed by atoms with Crippen molar-refractivity contribution in [1.29, 1.82) is 0 Å². The third-order valence-electron chi connectivity index (χ3n) is 5.32. The van der Waals surface area contributed by atoms with E-state index in [0.29, 0.717) is 9.95 Å². The van der Waals surface area contributed by atoms with Gasteiger partial charge in [0.1, 0.15) is 0 Å². The van der Waals surface area contributed by atoms with Gasteiger partial charge in [0.15, 0.2) is 10.8 Å². The number of carbonyl (C=O) groups is 2. The Morgan fingerprint density at radius 1 is 0.879 bits per heavy atom. The highest BCUT2D eigenvalue weighted by molar-refractivity contribution is 8.29. The lowest BCUT2D eigenvalue weighted by Crippen LogP contribution is -2.51. The van der Waals surface area contributed by atoms with Crippen molar-refractivity contribution < 1.29 is 9.59 Å². The number of hydrogen-bond acceptors (Lipinski definition) is 6. The highest BCUT2D eigenvalue weighted by Crippen LogP contribution is 2.59. The number of amides is 1. The van der Waals surface area contributed by atoms with Gasteiger partial charge in [0.2, 0.25) is 4.33 Å². The van der Waals surface area contributed by atoms with Gasteiger partial charge in [-0.05, 0) is 54.6 Å². The SMILES string of the molecule is CC(=O)C1=NN(c2ccc(C)cc2)[C@]2(S1)S/C(=C\c1ccccc1)C(=O)N2c1ccccc1. The van der Waals surface area contributed by atoms with Gasteiger partial charge in [-0.15, -0.1) is 0 Å². The first-order valence-electron chi connectivity index (χ1n) is 10.5. The van der Waals surface area contributed by atoms with E-state index < -0.39 is 4.33 Å². The van der Waals surface area contributed by atoms with Gasteiger partial charge in [0.05, 0.1) is 10.6 Å². The molecule has 2 aliphatic heterocycles. The van der Waals surface area contributed by atoms with Gasteiger partial charge < -0.3 is 0 Å². The van der Waals surface area contributed by atoms with E-state index in [1.807, 2.05) is 97.9 Å². The minimum absolute atomic E-state index is 0.125. The van der Waals surface area contributed by atoms with E-state index in [1.54, 1.807) is 9.91 Å². The van der Waals surface area contributed by atoms with Crippen LogP contribution >= 0.6 is 23.5 Å². The van der Waals surface area contributed by atoms with Gasteiger partial charge >= 0.3 is 0 Å². The highest BCUT2D eigenvalue weighted by atomic mass is 32.2. The van der Waals surface area contributed by atoms with Crippen molar-refractivity contribution >= 4 is 57.7 Å². The number of para-hydroxylation sites is 1. The zero-order valence-electron chi connectivity index (χ0n) is 18.1. The Bertz CT molecular complexity index is 1270. The third-order valence-corrected chi connectivity index (χ3v) is 8.14. The quantitative estimate of drug-likeness (QED) is 0.445.